The van der Waals surface area contributed by atoms with Crippen LogP contribution < -0.4 is 9.64 Å². The van der Waals surface area contributed by atoms with E-state index in [1.54, 1.807) is 4.90 Å². The van der Waals surface area contributed by atoms with Crippen molar-refractivity contribution >= 4 is 22.4 Å². The molecule has 4 heteroatoms. The maximum absolute atomic E-state index is 6.24. The van der Waals surface area contributed by atoms with Crippen LogP contribution in [0.1, 0.15) is 13.8 Å². The summed E-state index contributed by atoms with van der Waals surface area (Å²) in [4.78, 5) is 1.55. The lowest BCUT2D eigenvalue weighted by Gasteiger charge is -2.32. The Bertz CT molecular complexity index is 636. The molecule has 1 fully saturated rings. The van der Waals surface area contributed by atoms with Gasteiger partial charge < -0.3 is 14.4 Å². The van der Waals surface area contributed by atoms with Crippen molar-refractivity contribution in [2.75, 3.05) is 26.2 Å². The lowest BCUT2D eigenvalue weighted by atomic mass is 10.1. The van der Waals surface area contributed by atoms with Crippen LogP contribution >= 0.6 is 11.6 Å². The number of halogens is 1. The molecular formula is C18H23ClNO2+. The van der Waals surface area contributed by atoms with Gasteiger partial charge in [0.25, 0.3) is 0 Å². The molecule has 1 aliphatic rings. The molecule has 0 aliphatic carbocycles. The summed E-state index contributed by atoms with van der Waals surface area (Å²) in [5.41, 5.74) is 0. The fourth-order valence-corrected chi connectivity index (χ4v) is 3.49. The van der Waals surface area contributed by atoms with Crippen molar-refractivity contribution in [2.45, 2.75) is 26.1 Å². The predicted octanol–water partition coefficient (Wildman–Crippen LogP) is 2.56. The zero-order chi connectivity index (χ0) is 15.5. The van der Waals surface area contributed by atoms with Crippen LogP contribution in [-0.2, 0) is 4.74 Å². The molecule has 22 heavy (non-hydrogen) atoms. The molecule has 0 saturated carbocycles. The van der Waals surface area contributed by atoms with E-state index < -0.39 is 0 Å². The first-order chi connectivity index (χ1) is 10.6. The molecule has 0 spiro atoms. The van der Waals surface area contributed by atoms with Gasteiger partial charge in [0.1, 0.15) is 44.2 Å². The number of hydrogen-bond donors (Lipinski definition) is 1. The number of rotatable bonds is 4. The molecule has 3 rings (SSSR count). The molecule has 1 aliphatic heterocycles. The van der Waals surface area contributed by atoms with Crippen LogP contribution in [-0.4, -0.2) is 38.4 Å². The normalized spacial score (nSPS) is 25.3. The molecule has 0 amide bonds. The van der Waals surface area contributed by atoms with Crippen molar-refractivity contribution in [3.8, 4) is 5.75 Å². The molecule has 2 atom stereocenters. The van der Waals surface area contributed by atoms with Crippen molar-refractivity contribution in [1.29, 1.82) is 0 Å². The Morgan fingerprint density at radius 1 is 1.09 bits per heavy atom. The number of ether oxygens (including phenoxy) is 2. The van der Waals surface area contributed by atoms with Gasteiger partial charge in [0.2, 0.25) is 0 Å². The molecular weight excluding hydrogens is 298 g/mol. The molecule has 0 bridgehead atoms. The second-order valence-electron chi connectivity index (χ2n) is 6.11. The summed E-state index contributed by atoms with van der Waals surface area (Å²) in [5.74, 6) is 0.911. The Kier molecular flexibility index (Phi) is 4.87. The smallest absolute Gasteiger partial charge is 0.137 e. The van der Waals surface area contributed by atoms with E-state index >= 15 is 0 Å². The second kappa shape index (κ2) is 6.86. The molecule has 0 radical (unpaired) electrons. The first kappa shape index (κ1) is 15.6. The summed E-state index contributed by atoms with van der Waals surface area (Å²) in [6, 6.07) is 12.0. The fourth-order valence-electron chi connectivity index (χ4n) is 3.26. The van der Waals surface area contributed by atoms with Crippen LogP contribution in [0.3, 0.4) is 0 Å². The summed E-state index contributed by atoms with van der Waals surface area (Å²) >= 11 is 6.24. The van der Waals surface area contributed by atoms with Crippen LogP contribution in [0.15, 0.2) is 36.4 Å². The van der Waals surface area contributed by atoms with Gasteiger partial charge >= 0.3 is 0 Å². The van der Waals surface area contributed by atoms with Crippen LogP contribution in [0.4, 0.5) is 0 Å². The first-order valence-corrected chi connectivity index (χ1v) is 8.30. The lowest BCUT2D eigenvalue weighted by molar-refractivity contribution is -0.915. The Hall–Kier alpha value is -1.29. The minimum Gasteiger partial charge on any atom is -0.487 e. The summed E-state index contributed by atoms with van der Waals surface area (Å²) in [5, 5.41) is 2.89. The maximum Gasteiger partial charge on any atom is 0.137 e. The molecule has 118 valence electrons. The summed E-state index contributed by atoms with van der Waals surface area (Å²) in [6.07, 6.45) is 0.658. The van der Waals surface area contributed by atoms with E-state index in [0.29, 0.717) is 18.8 Å². The highest BCUT2D eigenvalue weighted by Gasteiger charge is 2.25. The molecule has 0 aromatic heterocycles. The van der Waals surface area contributed by atoms with Gasteiger partial charge in [-0.1, -0.05) is 35.9 Å². The van der Waals surface area contributed by atoms with Crippen LogP contribution in [0, 0.1) is 0 Å². The van der Waals surface area contributed by atoms with Gasteiger partial charge in [0.05, 0.1) is 0 Å². The number of nitrogens with one attached hydrogen (secondary N) is 1. The molecule has 1 N–H and O–H groups in total. The fraction of sp³-hybridized carbons (Fsp3) is 0.444. The summed E-state index contributed by atoms with van der Waals surface area (Å²) < 4.78 is 11.8. The first-order valence-electron chi connectivity index (χ1n) is 7.92. The van der Waals surface area contributed by atoms with Gasteiger partial charge in [0.15, 0.2) is 0 Å². The minimum absolute atomic E-state index is 0.329. The Morgan fingerprint density at radius 3 is 2.50 bits per heavy atom. The zero-order valence-corrected chi connectivity index (χ0v) is 13.9. The van der Waals surface area contributed by atoms with E-state index in [9.17, 15) is 0 Å². The average Bonchev–Trinajstić information content (AvgIpc) is 2.49. The van der Waals surface area contributed by atoms with Gasteiger partial charge in [-0.15, -0.1) is 0 Å². The number of hydrogen-bond acceptors (Lipinski definition) is 2. The second-order valence-corrected chi connectivity index (χ2v) is 6.51. The van der Waals surface area contributed by atoms with Gasteiger partial charge in [-0.05, 0) is 26.0 Å². The van der Waals surface area contributed by atoms with Crippen molar-refractivity contribution in [3.05, 3.63) is 41.4 Å². The van der Waals surface area contributed by atoms with Crippen LogP contribution in [0.25, 0.3) is 10.8 Å². The maximum atomic E-state index is 6.24. The van der Waals surface area contributed by atoms with Crippen molar-refractivity contribution in [3.63, 3.8) is 0 Å². The molecule has 3 nitrogen and oxygen atoms in total. The van der Waals surface area contributed by atoms with Crippen molar-refractivity contribution < 1.29 is 14.4 Å². The van der Waals surface area contributed by atoms with E-state index in [0.717, 1.165) is 41.2 Å². The number of morpholine rings is 1. The molecule has 0 unspecified atom stereocenters. The average molecular weight is 321 g/mol. The zero-order valence-electron chi connectivity index (χ0n) is 13.1. The highest BCUT2D eigenvalue weighted by atomic mass is 35.5. The van der Waals surface area contributed by atoms with Crippen molar-refractivity contribution in [2.24, 2.45) is 0 Å². The van der Waals surface area contributed by atoms with Gasteiger partial charge in [0, 0.05) is 15.8 Å². The topological polar surface area (TPSA) is 22.9 Å². The number of fused-ring (bicyclic) bond motifs is 1. The van der Waals surface area contributed by atoms with E-state index in [1.807, 2.05) is 30.3 Å². The molecule has 1 saturated heterocycles. The highest BCUT2D eigenvalue weighted by Crippen LogP contribution is 2.31. The summed E-state index contributed by atoms with van der Waals surface area (Å²) in [7, 11) is 0. The number of benzene rings is 2. The van der Waals surface area contributed by atoms with Gasteiger partial charge in [-0.25, -0.2) is 0 Å². The van der Waals surface area contributed by atoms with E-state index in [2.05, 4.69) is 19.9 Å². The third kappa shape index (κ3) is 3.54. The van der Waals surface area contributed by atoms with E-state index in [-0.39, 0.29) is 0 Å². The van der Waals surface area contributed by atoms with Gasteiger partial charge in [-0.3, -0.25) is 0 Å². The van der Waals surface area contributed by atoms with Crippen LogP contribution in [0.5, 0.6) is 5.75 Å². The predicted molar refractivity (Wildman–Crippen MR) is 90.0 cm³/mol. The largest absolute Gasteiger partial charge is 0.487 e. The molecule has 1 heterocycles. The standard InChI is InChI=1S/C18H22ClNO2/c1-13-11-20(12-14(2)22-13)9-10-21-18-8-7-17(19)15-5-3-4-6-16(15)18/h3-8,13-14H,9-12H2,1-2H3/p+1/t13-,14-/m1/s1. The van der Waals surface area contributed by atoms with E-state index in [1.165, 1.54) is 0 Å². The quantitative estimate of drug-likeness (QED) is 0.935. The van der Waals surface area contributed by atoms with Crippen LogP contribution in [0.2, 0.25) is 5.02 Å². The molecule has 2 aromatic carbocycles. The van der Waals surface area contributed by atoms with Gasteiger partial charge in [-0.2, -0.15) is 0 Å². The SMILES string of the molecule is C[C@@H]1C[NH+](CCOc2ccc(Cl)c3ccccc23)C[C@@H](C)O1. The Morgan fingerprint density at radius 2 is 1.77 bits per heavy atom. The monoisotopic (exact) mass is 320 g/mol. The minimum atomic E-state index is 0.329. The lowest BCUT2D eigenvalue weighted by Crippen LogP contribution is -3.16. The third-order valence-electron chi connectivity index (χ3n) is 4.16. The highest BCUT2D eigenvalue weighted by molar-refractivity contribution is 6.35. The summed E-state index contributed by atoms with van der Waals surface area (Å²) in [6.45, 7) is 8.09. The Balaban J connectivity index is 1.64. The van der Waals surface area contributed by atoms with Crippen molar-refractivity contribution in [1.82, 2.24) is 0 Å². The Labute approximate surface area is 136 Å². The molecule has 2 aromatic rings. The number of quaternary nitrogens is 1. The van der Waals surface area contributed by atoms with E-state index in [4.69, 9.17) is 21.1 Å². The third-order valence-corrected chi connectivity index (χ3v) is 4.49.